The molecular formula is C9H18F3NO. The van der Waals surface area contributed by atoms with Crippen LogP contribution in [0.4, 0.5) is 13.2 Å². The fraction of sp³-hybridized carbons (Fsp3) is 1.00. The van der Waals surface area contributed by atoms with Crippen LogP contribution in [0.2, 0.25) is 0 Å². The Morgan fingerprint density at radius 2 is 1.86 bits per heavy atom. The predicted molar refractivity (Wildman–Crippen MR) is 49.2 cm³/mol. The van der Waals surface area contributed by atoms with Gasteiger partial charge in [0.2, 0.25) is 0 Å². The zero-order valence-corrected chi connectivity index (χ0v) is 8.82. The second-order valence-electron chi connectivity index (χ2n) is 3.69. The predicted octanol–water partition coefficient (Wildman–Crippen LogP) is 2.20. The monoisotopic (exact) mass is 213 g/mol. The van der Waals surface area contributed by atoms with Gasteiger partial charge in [-0.2, -0.15) is 13.2 Å². The number of hydrogen-bond donors (Lipinski definition) is 1. The molecule has 14 heavy (non-hydrogen) atoms. The van der Waals surface area contributed by atoms with E-state index in [1.165, 1.54) is 6.92 Å². The SMILES string of the molecule is COCC(C)CNC(C)CC(F)(F)F. The van der Waals surface area contributed by atoms with Crippen LogP contribution in [0.5, 0.6) is 0 Å². The van der Waals surface area contributed by atoms with Gasteiger partial charge in [0.05, 0.1) is 6.42 Å². The standard InChI is InChI=1S/C9H18F3NO/c1-7(6-14-3)5-13-8(2)4-9(10,11)12/h7-8,13H,4-6H2,1-3H3. The van der Waals surface area contributed by atoms with Crippen LogP contribution < -0.4 is 5.32 Å². The van der Waals surface area contributed by atoms with E-state index < -0.39 is 18.6 Å². The van der Waals surface area contributed by atoms with Gasteiger partial charge in [-0.15, -0.1) is 0 Å². The summed E-state index contributed by atoms with van der Waals surface area (Å²) in [6.45, 7) is 4.57. The maximum absolute atomic E-state index is 11.9. The van der Waals surface area contributed by atoms with Gasteiger partial charge in [-0.1, -0.05) is 6.92 Å². The van der Waals surface area contributed by atoms with Gasteiger partial charge in [0.15, 0.2) is 0 Å². The summed E-state index contributed by atoms with van der Waals surface area (Å²) in [7, 11) is 1.58. The van der Waals surface area contributed by atoms with E-state index in [4.69, 9.17) is 4.74 Å². The molecule has 0 aliphatic rings. The highest BCUT2D eigenvalue weighted by molar-refractivity contribution is 4.67. The van der Waals surface area contributed by atoms with Crippen LogP contribution in [0.1, 0.15) is 20.3 Å². The molecule has 0 aromatic carbocycles. The molecule has 2 nitrogen and oxygen atoms in total. The van der Waals surface area contributed by atoms with Gasteiger partial charge < -0.3 is 10.1 Å². The lowest BCUT2D eigenvalue weighted by Crippen LogP contribution is -2.35. The van der Waals surface area contributed by atoms with Crippen molar-refractivity contribution in [2.75, 3.05) is 20.3 Å². The Balaban J connectivity index is 3.58. The molecule has 0 aromatic heterocycles. The van der Waals surface area contributed by atoms with Crippen molar-refractivity contribution in [1.82, 2.24) is 5.32 Å². The Bertz CT molecular complexity index is 149. The summed E-state index contributed by atoms with van der Waals surface area (Å²) in [5, 5.41) is 2.82. The third-order valence-electron chi connectivity index (χ3n) is 1.80. The molecule has 0 radical (unpaired) electrons. The maximum atomic E-state index is 11.9. The van der Waals surface area contributed by atoms with E-state index in [0.717, 1.165) is 0 Å². The Hall–Kier alpha value is -0.290. The zero-order chi connectivity index (χ0) is 11.2. The summed E-state index contributed by atoms with van der Waals surface area (Å²) in [4.78, 5) is 0. The van der Waals surface area contributed by atoms with Crippen LogP contribution in [0.3, 0.4) is 0 Å². The number of alkyl halides is 3. The molecule has 0 bridgehead atoms. The Morgan fingerprint density at radius 3 is 2.29 bits per heavy atom. The second-order valence-corrected chi connectivity index (χ2v) is 3.69. The zero-order valence-electron chi connectivity index (χ0n) is 8.82. The average Bonchev–Trinajstić information content (AvgIpc) is 1.98. The highest BCUT2D eigenvalue weighted by Gasteiger charge is 2.29. The second kappa shape index (κ2) is 6.24. The summed E-state index contributed by atoms with van der Waals surface area (Å²) < 4.78 is 40.6. The van der Waals surface area contributed by atoms with Crippen LogP contribution >= 0.6 is 0 Å². The van der Waals surface area contributed by atoms with E-state index in [1.807, 2.05) is 6.92 Å². The summed E-state index contributed by atoms with van der Waals surface area (Å²) in [6, 6.07) is -0.533. The smallest absolute Gasteiger partial charge is 0.384 e. The number of ether oxygens (including phenoxy) is 1. The molecule has 0 rings (SSSR count). The minimum Gasteiger partial charge on any atom is -0.384 e. The Labute approximate surface area is 82.8 Å². The molecule has 1 N–H and O–H groups in total. The first-order valence-electron chi connectivity index (χ1n) is 4.64. The largest absolute Gasteiger partial charge is 0.390 e. The molecule has 2 unspecified atom stereocenters. The number of nitrogens with one attached hydrogen (secondary N) is 1. The molecule has 0 aromatic rings. The lowest BCUT2D eigenvalue weighted by molar-refractivity contribution is -0.139. The molecule has 0 aliphatic carbocycles. The molecule has 5 heteroatoms. The molecule has 0 spiro atoms. The minimum absolute atomic E-state index is 0.232. The lowest BCUT2D eigenvalue weighted by Gasteiger charge is -2.18. The first-order valence-corrected chi connectivity index (χ1v) is 4.64. The van der Waals surface area contributed by atoms with Crippen LogP contribution in [-0.2, 0) is 4.74 Å². The van der Waals surface area contributed by atoms with Crippen molar-refractivity contribution in [2.45, 2.75) is 32.5 Å². The van der Waals surface area contributed by atoms with Gasteiger partial charge in [-0.25, -0.2) is 0 Å². The van der Waals surface area contributed by atoms with Crippen molar-refractivity contribution >= 4 is 0 Å². The fourth-order valence-electron chi connectivity index (χ4n) is 1.17. The van der Waals surface area contributed by atoms with Crippen LogP contribution in [-0.4, -0.2) is 32.5 Å². The van der Waals surface area contributed by atoms with Crippen molar-refractivity contribution in [3.8, 4) is 0 Å². The maximum Gasteiger partial charge on any atom is 0.390 e. The molecule has 0 saturated carbocycles. The third kappa shape index (κ3) is 8.31. The summed E-state index contributed by atoms with van der Waals surface area (Å²) in [5.41, 5.74) is 0. The number of methoxy groups -OCH3 is 1. The van der Waals surface area contributed by atoms with Crippen molar-refractivity contribution in [2.24, 2.45) is 5.92 Å². The van der Waals surface area contributed by atoms with Crippen LogP contribution in [0, 0.1) is 5.92 Å². The molecule has 0 saturated heterocycles. The highest BCUT2D eigenvalue weighted by Crippen LogP contribution is 2.21. The number of rotatable bonds is 6. The first-order chi connectivity index (χ1) is 6.35. The summed E-state index contributed by atoms with van der Waals surface area (Å²) in [6.07, 6.45) is -4.87. The van der Waals surface area contributed by atoms with Gasteiger partial charge in [-0.3, -0.25) is 0 Å². The molecule has 2 atom stereocenters. The Kier molecular flexibility index (Phi) is 6.11. The molecule has 0 fully saturated rings. The fourth-order valence-corrected chi connectivity index (χ4v) is 1.17. The van der Waals surface area contributed by atoms with E-state index in [2.05, 4.69) is 5.32 Å². The van der Waals surface area contributed by atoms with Gasteiger partial charge in [0.25, 0.3) is 0 Å². The van der Waals surface area contributed by atoms with Crippen molar-refractivity contribution < 1.29 is 17.9 Å². The molecular weight excluding hydrogens is 195 g/mol. The van der Waals surface area contributed by atoms with Crippen molar-refractivity contribution in [1.29, 1.82) is 0 Å². The van der Waals surface area contributed by atoms with Gasteiger partial charge in [-0.05, 0) is 12.8 Å². The molecule has 86 valence electrons. The Morgan fingerprint density at radius 1 is 1.29 bits per heavy atom. The first kappa shape index (κ1) is 13.7. The average molecular weight is 213 g/mol. The van der Waals surface area contributed by atoms with Gasteiger partial charge in [0.1, 0.15) is 0 Å². The molecule has 0 heterocycles. The summed E-state index contributed by atoms with van der Waals surface area (Å²) in [5.74, 6) is 0.232. The third-order valence-corrected chi connectivity index (χ3v) is 1.80. The van der Waals surface area contributed by atoms with E-state index in [1.54, 1.807) is 7.11 Å². The number of hydrogen-bond acceptors (Lipinski definition) is 2. The topological polar surface area (TPSA) is 21.3 Å². The van der Waals surface area contributed by atoms with Crippen molar-refractivity contribution in [3.05, 3.63) is 0 Å². The highest BCUT2D eigenvalue weighted by atomic mass is 19.4. The quantitative estimate of drug-likeness (QED) is 0.730. The normalized spacial score (nSPS) is 16.7. The summed E-state index contributed by atoms with van der Waals surface area (Å²) >= 11 is 0. The van der Waals surface area contributed by atoms with Crippen molar-refractivity contribution in [3.63, 3.8) is 0 Å². The van der Waals surface area contributed by atoms with Gasteiger partial charge in [0, 0.05) is 26.3 Å². The molecule has 0 amide bonds. The molecule has 0 aliphatic heterocycles. The van der Waals surface area contributed by atoms with Gasteiger partial charge >= 0.3 is 6.18 Å². The lowest BCUT2D eigenvalue weighted by atomic mass is 10.1. The van der Waals surface area contributed by atoms with E-state index in [0.29, 0.717) is 13.2 Å². The van der Waals surface area contributed by atoms with E-state index in [9.17, 15) is 13.2 Å². The van der Waals surface area contributed by atoms with E-state index in [-0.39, 0.29) is 5.92 Å². The van der Waals surface area contributed by atoms with Crippen LogP contribution in [0.15, 0.2) is 0 Å². The van der Waals surface area contributed by atoms with E-state index >= 15 is 0 Å². The number of halogens is 3. The van der Waals surface area contributed by atoms with Crippen LogP contribution in [0.25, 0.3) is 0 Å². The minimum atomic E-state index is -4.09.